The number of fused-ring (bicyclic) bond motifs is 4. The number of hydrogen-bond donors (Lipinski definition) is 4. The van der Waals surface area contributed by atoms with Crippen LogP contribution in [-0.2, 0) is 52.4 Å². The normalized spacial score (nSPS) is 18.0. The Hall–Kier alpha value is -6.67. The minimum Gasteiger partial charge on any atom is -0.491 e. The van der Waals surface area contributed by atoms with Gasteiger partial charge in [0, 0.05) is 96.6 Å². The largest absolute Gasteiger partial charge is 0.491 e. The molecule has 2 aromatic carbocycles. The van der Waals surface area contributed by atoms with E-state index in [1.54, 1.807) is 0 Å². The summed E-state index contributed by atoms with van der Waals surface area (Å²) in [7, 11) is 2.01. The van der Waals surface area contributed by atoms with E-state index in [9.17, 15) is 0 Å². The van der Waals surface area contributed by atoms with Crippen LogP contribution < -0.4 is 26.0 Å². The molecule has 2 unspecified atom stereocenters. The highest BCUT2D eigenvalue weighted by molar-refractivity contribution is 5.84. The fourth-order valence-corrected chi connectivity index (χ4v) is 8.56. The summed E-state index contributed by atoms with van der Waals surface area (Å²) in [5, 5.41) is 47.2. The SMILES string of the molecule is C1=NCC(n2nnc3c2CCNC3)=C1.CC1Cc2c(nnn2-c2ccccc2)C(C)N1.CCCOc1ccccc1-n1nnc2c1CCNC2.Cn1ccc(-n2nnc3c2CCNC3)c1. The smallest absolute Gasteiger partial charge is 0.145 e. The molecule has 0 fully saturated rings. The molecule has 0 bridgehead atoms. The Bertz CT molecular complexity index is 2720. The minimum atomic E-state index is 0.284. The third-order valence-electron chi connectivity index (χ3n) is 11.8. The fourth-order valence-electron chi connectivity index (χ4n) is 8.56. The number of aromatic nitrogens is 13. The maximum Gasteiger partial charge on any atom is 0.145 e. The highest BCUT2D eigenvalue weighted by Crippen LogP contribution is 2.26. The topological polar surface area (TPSA) is 197 Å². The third kappa shape index (κ3) is 9.87. The van der Waals surface area contributed by atoms with E-state index >= 15 is 0 Å². The van der Waals surface area contributed by atoms with Crippen molar-refractivity contribution in [2.45, 2.75) is 84.6 Å². The molecule has 338 valence electrons. The number of nitrogens with one attached hydrogen (secondary N) is 4. The molecule has 0 spiro atoms. The van der Waals surface area contributed by atoms with Crippen molar-refractivity contribution in [3.63, 3.8) is 0 Å². The van der Waals surface area contributed by atoms with Crippen molar-refractivity contribution in [1.29, 1.82) is 0 Å². The Morgan fingerprint density at radius 1 is 0.662 bits per heavy atom. The van der Waals surface area contributed by atoms with Gasteiger partial charge in [-0.15, -0.1) is 20.4 Å². The summed E-state index contributed by atoms with van der Waals surface area (Å²) in [6.07, 6.45) is 12.8. The van der Waals surface area contributed by atoms with Crippen LogP contribution >= 0.6 is 0 Å². The molecular weight excluding hydrogens is 821 g/mol. The number of benzene rings is 2. The van der Waals surface area contributed by atoms with Crippen molar-refractivity contribution < 1.29 is 4.74 Å². The molecule has 65 heavy (non-hydrogen) atoms. The Morgan fingerprint density at radius 2 is 1.26 bits per heavy atom. The molecule has 5 aliphatic heterocycles. The lowest BCUT2D eigenvalue weighted by atomic mass is 10.0. The monoisotopic (exact) mass is 879 g/mol. The first-order valence-electron chi connectivity index (χ1n) is 22.7. The summed E-state index contributed by atoms with van der Waals surface area (Å²) >= 11 is 0. The maximum atomic E-state index is 5.80. The van der Waals surface area contributed by atoms with E-state index in [-0.39, 0.29) is 6.04 Å². The lowest BCUT2D eigenvalue weighted by Gasteiger charge is -2.25. The Labute approximate surface area is 378 Å². The number of allylic oxidation sites excluding steroid dienone is 1. The van der Waals surface area contributed by atoms with Crippen molar-refractivity contribution in [2.24, 2.45) is 12.0 Å². The van der Waals surface area contributed by atoms with Gasteiger partial charge in [0.15, 0.2) is 0 Å². The van der Waals surface area contributed by atoms with Crippen molar-refractivity contribution in [3.8, 4) is 22.8 Å². The molecule has 2 atom stereocenters. The number of para-hydroxylation sites is 3. The van der Waals surface area contributed by atoms with Gasteiger partial charge in [0.2, 0.25) is 0 Å². The molecule has 0 aliphatic carbocycles. The summed E-state index contributed by atoms with van der Waals surface area (Å²) in [5.41, 5.74) is 13.4. The number of hydrogen-bond acceptors (Lipinski definition) is 14. The Morgan fingerprint density at radius 3 is 1.91 bits per heavy atom. The number of nitrogens with zero attached hydrogens (tertiary/aromatic N) is 14. The zero-order valence-corrected chi connectivity index (χ0v) is 37.6. The van der Waals surface area contributed by atoms with Gasteiger partial charge in [0.1, 0.15) is 34.2 Å². The molecule has 7 aromatic rings. The lowest BCUT2D eigenvalue weighted by molar-refractivity contribution is 0.315. The molecule has 10 heterocycles. The van der Waals surface area contributed by atoms with Gasteiger partial charge in [-0.05, 0) is 56.7 Å². The first kappa shape index (κ1) is 43.6. The van der Waals surface area contributed by atoms with Crippen LogP contribution in [0.4, 0.5) is 0 Å². The zero-order chi connectivity index (χ0) is 44.5. The van der Waals surface area contributed by atoms with E-state index in [4.69, 9.17) is 4.74 Å². The van der Waals surface area contributed by atoms with E-state index in [2.05, 4.69) is 113 Å². The molecule has 0 saturated carbocycles. The summed E-state index contributed by atoms with van der Waals surface area (Å²) in [5.74, 6) is 0.871. The van der Waals surface area contributed by atoms with Gasteiger partial charge in [0.05, 0.1) is 59.0 Å². The molecule has 5 aliphatic rings. The first-order valence-corrected chi connectivity index (χ1v) is 22.7. The molecule has 0 saturated heterocycles. The second-order valence-corrected chi connectivity index (χ2v) is 16.6. The van der Waals surface area contributed by atoms with E-state index in [1.165, 1.54) is 22.8 Å². The second kappa shape index (κ2) is 20.4. The van der Waals surface area contributed by atoms with Crippen LogP contribution in [-0.4, -0.2) is 110 Å². The number of aliphatic imine (C=N–C) groups is 1. The van der Waals surface area contributed by atoms with Gasteiger partial charge >= 0.3 is 0 Å². The number of ether oxygens (including phenoxy) is 1. The van der Waals surface area contributed by atoms with Gasteiger partial charge < -0.3 is 30.6 Å². The molecule has 0 amide bonds. The van der Waals surface area contributed by atoms with Crippen molar-refractivity contribution in [1.82, 2.24) is 85.8 Å². The molecule has 19 nitrogen and oxygen atoms in total. The van der Waals surface area contributed by atoms with E-state index in [1.807, 2.05) is 91.3 Å². The Kier molecular flexibility index (Phi) is 13.7. The van der Waals surface area contributed by atoms with Crippen molar-refractivity contribution >= 4 is 11.9 Å². The summed E-state index contributed by atoms with van der Waals surface area (Å²) in [6.45, 7) is 13.3. The highest BCUT2D eigenvalue weighted by Gasteiger charge is 2.27. The molecule has 19 heteroatoms. The van der Waals surface area contributed by atoms with Gasteiger partial charge in [0.25, 0.3) is 0 Å². The van der Waals surface area contributed by atoms with Crippen LogP contribution in [0.15, 0.2) is 84.1 Å². The van der Waals surface area contributed by atoms with Crippen LogP contribution in [0.3, 0.4) is 0 Å². The highest BCUT2D eigenvalue weighted by atomic mass is 16.5. The second-order valence-electron chi connectivity index (χ2n) is 16.6. The summed E-state index contributed by atoms with van der Waals surface area (Å²) < 4.78 is 15.6. The zero-order valence-electron chi connectivity index (χ0n) is 37.6. The minimum absolute atomic E-state index is 0.284. The van der Waals surface area contributed by atoms with E-state index in [0.29, 0.717) is 6.04 Å². The fraction of sp³-hybridized carbons (Fsp3) is 0.413. The quantitative estimate of drug-likeness (QED) is 0.181. The predicted octanol–water partition coefficient (Wildman–Crippen LogP) is 3.66. The molecular formula is C46H58N18O. The van der Waals surface area contributed by atoms with Gasteiger partial charge in [-0.3, -0.25) is 4.99 Å². The number of aryl methyl sites for hydroxylation is 1. The third-order valence-corrected chi connectivity index (χ3v) is 11.8. The molecule has 4 N–H and O–H groups in total. The summed E-state index contributed by atoms with van der Waals surface area (Å²) in [6, 6.07) is 21.0. The van der Waals surface area contributed by atoms with Crippen LogP contribution in [0.2, 0.25) is 0 Å². The molecule has 5 aromatic heterocycles. The van der Waals surface area contributed by atoms with Crippen LogP contribution in [0.25, 0.3) is 22.8 Å². The first-order chi connectivity index (χ1) is 31.9. The standard InChI is InChI=1S/C14H18N4O.C13H16N4.C10H13N5.C9H11N5/c1-2-9-19-14-6-4-3-5-13(14)18-12-7-8-15-10-11(12)16-17-18;1-9-8-12-13(10(2)14-9)15-16-17(12)11-6-4-3-5-7-11;1-14-5-3-8(7-14)15-10-2-4-11-6-9(10)12-13-15;1-3-10-5-7(1)14-9-2-4-11-6-8(9)12-13-14/h3-6,15H,2,7-10H2,1H3;3-7,9-10,14H,8H2,1-2H3;3,5,7,11H,2,4,6H2,1H3;1,3,11H,2,4-6H2. The van der Waals surface area contributed by atoms with Gasteiger partial charge in [-0.1, -0.05) is 58.1 Å². The van der Waals surface area contributed by atoms with Crippen LogP contribution in [0.1, 0.15) is 78.8 Å². The van der Waals surface area contributed by atoms with Gasteiger partial charge in [-0.25, -0.2) is 18.7 Å². The lowest BCUT2D eigenvalue weighted by Crippen LogP contribution is -2.36. The average molecular weight is 879 g/mol. The van der Waals surface area contributed by atoms with Crippen LogP contribution in [0, 0.1) is 0 Å². The average Bonchev–Trinajstić information content (AvgIpc) is 4.21. The Balaban J connectivity index is 0.000000110. The van der Waals surface area contributed by atoms with Crippen molar-refractivity contribution in [2.75, 3.05) is 32.8 Å². The van der Waals surface area contributed by atoms with Crippen molar-refractivity contribution in [3.05, 3.63) is 125 Å². The number of rotatable bonds is 7. The van der Waals surface area contributed by atoms with Gasteiger partial charge in [-0.2, -0.15) is 0 Å². The molecule has 0 radical (unpaired) electrons. The van der Waals surface area contributed by atoms with E-state index < -0.39 is 0 Å². The summed E-state index contributed by atoms with van der Waals surface area (Å²) in [4.78, 5) is 4.15. The predicted molar refractivity (Wildman–Crippen MR) is 247 cm³/mol. The molecule has 12 rings (SSSR count). The van der Waals surface area contributed by atoms with E-state index in [0.717, 1.165) is 136 Å². The maximum absolute atomic E-state index is 5.80. The van der Waals surface area contributed by atoms with Crippen LogP contribution in [0.5, 0.6) is 5.75 Å².